The molecule has 2 atom stereocenters. The number of rotatable bonds is 6. The summed E-state index contributed by atoms with van der Waals surface area (Å²) in [4.78, 5) is 18.6. The Labute approximate surface area is 143 Å². The molecule has 1 saturated heterocycles. The molecule has 1 aliphatic rings. The summed E-state index contributed by atoms with van der Waals surface area (Å²) in [6.07, 6.45) is -0.319. The number of carbonyl (C=O) groups excluding carboxylic acids is 1. The molecule has 0 aliphatic carbocycles. The highest BCUT2D eigenvalue weighted by molar-refractivity contribution is 5.78. The Morgan fingerprint density at radius 3 is 2.25 bits per heavy atom. The number of aliphatic hydroxyl groups is 1. The number of nitrogens with zero attached hydrogens (tertiary/aromatic N) is 3. The summed E-state index contributed by atoms with van der Waals surface area (Å²) in [6.45, 7) is 8.22. The number of aliphatic hydroxyl groups excluding tert-OH is 1. The summed E-state index contributed by atoms with van der Waals surface area (Å²) < 4.78 is 13.0. The van der Waals surface area contributed by atoms with Crippen LogP contribution in [0.1, 0.15) is 25.5 Å². The molecule has 24 heavy (non-hydrogen) atoms. The molecule has 0 radical (unpaired) electrons. The van der Waals surface area contributed by atoms with E-state index in [1.165, 1.54) is 12.1 Å². The van der Waals surface area contributed by atoms with E-state index in [9.17, 15) is 14.3 Å². The van der Waals surface area contributed by atoms with Gasteiger partial charge in [-0.15, -0.1) is 0 Å². The van der Waals surface area contributed by atoms with Gasteiger partial charge in [-0.3, -0.25) is 14.6 Å². The maximum atomic E-state index is 13.0. The van der Waals surface area contributed by atoms with Crippen LogP contribution in [0.15, 0.2) is 24.3 Å². The van der Waals surface area contributed by atoms with Gasteiger partial charge in [-0.1, -0.05) is 12.1 Å². The number of benzene rings is 1. The normalized spacial score (nSPS) is 19.0. The Morgan fingerprint density at radius 2 is 1.71 bits per heavy atom. The second-order valence-electron chi connectivity index (χ2n) is 6.66. The van der Waals surface area contributed by atoms with Crippen molar-refractivity contribution in [2.45, 2.75) is 26.0 Å². The number of carbonyl (C=O) groups is 1. The Balaban J connectivity index is 1.82. The van der Waals surface area contributed by atoms with Gasteiger partial charge in [0.15, 0.2) is 0 Å². The minimum Gasteiger partial charge on any atom is -0.392 e. The number of likely N-dealkylation sites (N-methyl/N-ethyl adjacent to an activating group) is 1. The monoisotopic (exact) mass is 337 g/mol. The third-order valence-corrected chi connectivity index (χ3v) is 4.67. The largest absolute Gasteiger partial charge is 0.392 e. The van der Waals surface area contributed by atoms with Crippen molar-refractivity contribution in [2.75, 3.05) is 46.3 Å². The molecular formula is C18H28FN3O2. The molecule has 6 heteroatoms. The van der Waals surface area contributed by atoms with Crippen molar-refractivity contribution >= 4 is 5.91 Å². The van der Waals surface area contributed by atoms with E-state index in [1.807, 2.05) is 6.92 Å². The van der Waals surface area contributed by atoms with Crippen LogP contribution in [0.3, 0.4) is 0 Å². The lowest BCUT2D eigenvalue weighted by molar-refractivity contribution is -0.133. The van der Waals surface area contributed by atoms with Crippen LogP contribution in [0.25, 0.3) is 0 Å². The lowest BCUT2D eigenvalue weighted by atomic mass is 10.1. The third kappa shape index (κ3) is 5.26. The fourth-order valence-corrected chi connectivity index (χ4v) is 2.99. The Morgan fingerprint density at radius 1 is 1.17 bits per heavy atom. The van der Waals surface area contributed by atoms with E-state index in [-0.39, 0.29) is 23.9 Å². The van der Waals surface area contributed by atoms with E-state index in [0.29, 0.717) is 13.1 Å². The maximum Gasteiger partial charge on any atom is 0.236 e. The van der Waals surface area contributed by atoms with Gasteiger partial charge in [0.25, 0.3) is 0 Å². The van der Waals surface area contributed by atoms with Gasteiger partial charge in [-0.05, 0) is 31.5 Å². The summed E-state index contributed by atoms with van der Waals surface area (Å²) in [5.74, 6) is -0.203. The average molecular weight is 337 g/mol. The van der Waals surface area contributed by atoms with E-state index >= 15 is 0 Å². The number of hydrogen-bond acceptors (Lipinski definition) is 4. The van der Waals surface area contributed by atoms with E-state index < -0.39 is 0 Å². The van der Waals surface area contributed by atoms with Crippen LogP contribution in [-0.4, -0.2) is 78.1 Å². The van der Waals surface area contributed by atoms with Crippen molar-refractivity contribution in [3.63, 3.8) is 0 Å². The van der Waals surface area contributed by atoms with Crippen LogP contribution in [0.4, 0.5) is 4.39 Å². The summed E-state index contributed by atoms with van der Waals surface area (Å²) >= 11 is 0. The Kier molecular flexibility index (Phi) is 6.71. The topological polar surface area (TPSA) is 47.0 Å². The zero-order valence-corrected chi connectivity index (χ0v) is 14.8. The fourth-order valence-electron chi connectivity index (χ4n) is 2.99. The minimum atomic E-state index is -0.319. The zero-order chi connectivity index (χ0) is 17.7. The number of halogens is 1. The first kappa shape index (κ1) is 18.8. The van der Waals surface area contributed by atoms with Crippen LogP contribution in [-0.2, 0) is 4.79 Å². The lowest BCUT2D eigenvalue weighted by Crippen LogP contribution is -2.51. The lowest BCUT2D eigenvalue weighted by Gasteiger charge is -2.36. The van der Waals surface area contributed by atoms with Crippen molar-refractivity contribution in [1.29, 1.82) is 0 Å². The van der Waals surface area contributed by atoms with Crippen molar-refractivity contribution in [3.05, 3.63) is 35.6 Å². The smallest absolute Gasteiger partial charge is 0.236 e. The minimum absolute atomic E-state index is 0.0656. The summed E-state index contributed by atoms with van der Waals surface area (Å²) in [5.41, 5.74) is 0.925. The van der Waals surface area contributed by atoms with Gasteiger partial charge in [0.05, 0.1) is 18.7 Å². The predicted octanol–water partition coefficient (Wildman–Crippen LogP) is 1.34. The van der Waals surface area contributed by atoms with E-state index in [4.69, 9.17) is 0 Å². The molecule has 1 fully saturated rings. The molecule has 0 saturated carbocycles. The Bertz CT molecular complexity index is 528. The number of hydrogen-bond donors (Lipinski definition) is 1. The summed E-state index contributed by atoms with van der Waals surface area (Å²) in [7, 11) is 1.79. The highest BCUT2D eigenvalue weighted by Crippen LogP contribution is 2.19. The number of amides is 1. The maximum absolute atomic E-state index is 13.0. The summed E-state index contributed by atoms with van der Waals surface area (Å²) in [6, 6.07) is 6.20. The van der Waals surface area contributed by atoms with Crippen LogP contribution in [0, 0.1) is 5.82 Å². The molecule has 1 N–H and O–H groups in total. The van der Waals surface area contributed by atoms with Gasteiger partial charge in [0, 0.05) is 39.8 Å². The van der Waals surface area contributed by atoms with Crippen LogP contribution >= 0.6 is 0 Å². The molecule has 0 spiro atoms. The average Bonchev–Trinajstić information content (AvgIpc) is 2.55. The molecular weight excluding hydrogens is 309 g/mol. The van der Waals surface area contributed by atoms with Gasteiger partial charge in [-0.2, -0.15) is 0 Å². The Hall–Kier alpha value is -1.50. The molecule has 1 aromatic carbocycles. The van der Waals surface area contributed by atoms with Gasteiger partial charge in [0.2, 0.25) is 5.91 Å². The molecule has 5 nitrogen and oxygen atoms in total. The molecule has 2 rings (SSSR count). The molecule has 0 aromatic heterocycles. The SMILES string of the molecule is C[C@@H](O)CN1CCN(CC(=O)N(C)[C@@H](C)c2ccc(F)cc2)CC1. The molecule has 1 aliphatic heterocycles. The molecule has 0 bridgehead atoms. The summed E-state index contributed by atoms with van der Waals surface area (Å²) in [5, 5.41) is 9.44. The quantitative estimate of drug-likeness (QED) is 0.851. The van der Waals surface area contributed by atoms with E-state index in [0.717, 1.165) is 31.7 Å². The van der Waals surface area contributed by atoms with Crippen molar-refractivity contribution in [3.8, 4) is 0 Å². The van der Waals surface area contributed by atoms with Gasteiger partial charge >= 0.3 is 0 Å². The van der Waals surface area contributed by atoms with Gasteiger partial charge in [0.1, 0.15) is 5.82 Å². The standard InChI is InChI=1S/C18H28FN3O2/c1-14(23)12-21-8-10-22(11-9-21)13-18(24)20(3)15(2)16-4-6-17(19)7-5-16/h4-7,14-15,23H,8-13H2,1-3H3/t14-,15+/m1/s1. The van der Waals surface area contributed by atoms with Crippen molar-refractivity contribution in [2.24, 2.45) is 0 Å². The van der Waals surface area contributed by atoms with Crippen LogP contribution in [0.2, 0.25) is 0 Å². The highest BCUT2D eigenvalue weighted by Gasteiger charge is 2.23. The molecule has 1 heterocycles. The molecule has 1 amide bonds. The van der Waals surface area contributed by atoms with Crippen LogP contribution < -0.4 is 0 Å². The second-order valence-corrected chi connectivity index (χ2v) is 6.66. The second kappa shape index (κ2) is 8.55. The first-order valence-corrected chi connectivity index (χ1v) is 8.50. The van der Waals surface area contributed by atoms with Crippen molar-refractivity contribution < 1.29 is 14.3 Å². The van der Waals surface area contributed by atoms with Gasteiger partial charge < -0.3 is 10.0 Å². The third-order valence-electron chi connectivity index (χ3n) is 4.67. The molecule has 1 aromatic rings. The van der Waals surface area contributed by atoms with Crippen LogP contribution in [0.5, 0.6) is 0 Å². The highest BCUT2D eigenvalue weighted by atomic mass is 19.1. The number of piperazine rings is 1. The zero-order valence-electron chi connectivity index (χ0n) is 14.8. The predicted molar refractivity (Wildman–Crippen MR) is 92.1 cm³/mol. The molecule has 0 unspecified atom stereocenters. The van der Waals surface area contributed by atoms with E-state index in [1.54, 1.807) is 31.0 Å². The van der Waals surface area contributed by atoms with E-state index in [2.05, 4.69) is 9.80 Å². The first-order valence-electron chi connectivity index (χ1n) is 8.50. The number of β-amino-alcohol motifs (C(OH)–C–C–N with tert-alkyl or cyclic N) is 1. The van der Waals surface area contributed by atoms with Crippen molar-refractivity contribution in [1.82, 2.24) is 14.7 Å². The fraction of sp³-hybridized carbons (Fsp3) is 0.611. The molecule has 134 valence electrons. The van der Waals surface area contributed by atoms with Gasteiger partial charge in [-0.25, -0.2) is 4.39 Å². The first-order chi connectivity index (χ1) is 11.4.